The van der Waals surface area contributed by atoms with Gasteiger partial charge < -0.3 is 5.11 Å². The molecular formula is C14H21NO3S. The van der Waals surface area contributed by atoms with Gasteiger partial charge in [-0.05, 0) is 42.4 Å². The van der Waals surface area contributed by atoms with Crippen LogP contribution in [0.25, 0.3) is 0 Å². The minimum atomic E-state index is -3.44. The van der Waals surface area contributed by atoms with Crippen molar-refractivity contribution in [3.63, 3.8) is 0 Å². The molecule has 0 heterocycles. The molecule has 1 aliphatic carbocycles. The van der Waals surface area contributed by atoms with Crippen molar-refractivity contribution >= 4 is 10.0 Å². The summed E-state index contributed by atoms with van der Waals surface area (Å²) < 4.78 is 27.0. The molecule has 1 fully saturated rings. The zero-order valence-corrected chi connectivity index (χ0v) is 12.0. The predicted octanol–water partition coefficient (Wildman–Crippen LogP) is 2.04. The lowest BCUT2D eigenvalue weighted by Crippen LogP contribution is -2.41. The average Bonchev–Trinajstić information content (AvgIpc) is 2.38. The van der Waals surface area contributed by atoms with Gasteiger partial charge in [-0.15, -0.1) is 0 Å². The third-order valence-electron chi connectivity index (χ3n) is 4.22. The van der Waals surface area contributed by atoms with Crippen LogP contribution < -0.4 is 4.72 Å². The highest BCUT2D eigenvalue weighted by molar-refractivity contribution is 7.89. The first-order chi connectivity index (χ1) is 9.01. The Morgan fingerprint density at radius 3 is 2.32 bits per heavy atom. The van der Waals surface area contributed by atoms with Gasteiger partial charge in [0.25, 0.3) is 0 Å². The summed E-state index contributed by atoms with van der Waals surface area (Å²) in [6.07, 6.45) is 4.42. The highest BCUT2D eigenvalue weighted by Crippen LogP contribution is 2.43. The monoisotopic (exact) mass is 283 g/mol. The summed E-state index contributed by atoms with van der Waals surface area (Å²) >= 11 is 0. The van der Waals surface area contributed by atoms with E-state index in [1.54, 1.807) is 12.1 Å². The third-order valence-corrected chi connectivity index (χ3v) is 5.63. The Morgan fingerprint density at radius 1 is 1.26 bits per heavy atom. The fraction of sp³-hybridized carbons (Fsp3) is 0.571. The van der Waals surface area contributed by atoms with Crippen LogP contribution >= 0.6 is 0 Å². The van der Waals surface area contributed by atoms with Crippen LogP contribution in [0.4, 0.5) is 0 Å². The fourth-order valence-corrected chi connectivity index (χ4v) is 3.59. The predicted molar refractivity (Wildman–Crippen MR) is 74.1 cm³/mol. The summed E-state index contributed by atoms with van der Waals surface area (Å²) in [5.41, 5.74) is 0.876. The van der Waals surface area contributed by atoms with Crippen LogP contribution in [-0.4, -0.2) is 20.1 Å². The van der Waals surface area contributed by atoms with Gasteiger partial charge in [0, 0.05) is 6.54 Å². The Labute approximate surface area is 114 Å². The smallest absolute Gasteiger partial charge is 0.240 e. The zero-order valence-electron chi connectivity index (χ0n) is 11.2. The molecule has 0 saturated heterocycles. The van der Waals surface area contributed by atoms with E-state index < -0.39 is 10.0 Å². The summed E-state index contributed by atoms with van der Waals surface area (Å²) in [7, 11) is -3.44. The van der Waals surface area contributed by atoms with E-state index in [9.17, 15) is 8.42 Å². The first-order valence-corrected chi connectivity index (χ1v) is 8.19. The number of hydrogen-bond donors (Lipinski definition) is 2. The van der Waals surface area contributed by atoms with Crippen LogP contribution in [0.3, 0.4) is 0 Å². The lowest BCUT2D eigenvalue weighted by molar-refractivity contribution is 0.133. The van der Waals surface area contributed by atoms with Crippen molar-refractivity contribution in [1.82, 2.24) is 4.72 Å². The fourth-order valence-electron chi connectivity index (χ4n) is 2.44. The van der Waals surface area contributed by atoms with Gasteiger partial charge in [-0.1, -0.05) is 25.5 Å². The maximum Gasteiger partial charge on any atom is 0.240 e. The molecule has 0 bridgehead atoms. The first-order valence-electron chi connectivity index (χ1n) is 6.71. The van der Waals surface area contributed by atoms with Gasteiger partial charge in [-0.2, -0.15) is 0 Å². The second-order valence-electron chi connectivity index (χ2n) is 5.33. The molecule has 1 aromatic rings. The molecule has 1 aliphatic rings. The molecule has 0 unspecified atom stereocenters. The molecule has 106 valence electrons. The van der Waals surface area contributed by atoms with Crippen LogP contribution in [0.5, 0.6) is 0 Å². The molecule has 1 saturated carbocycles. The molecule has 0 radical (unpaired) electrons. The van der Waals surface area contributed by atoms with E-state index in [-0.39, 0.29) is 16.9 Å². The molecule has 4 nitrogen and oxygen atoms in total. The summed E-state index contributed by atoms with van der Waals surface area (Å²) in [5.74, 6) is 0. The SMILES string of the molecule is CCC1(CNS(=O)(=O)c2ccc(CO)cc2)CCC1. The van der Waals surface area contributed by atoms with Crippen molar-refractivity contribution < 1.29 is 13.5 Å². The standard InChI is InChI=1S/C14H21NO3S/c1-2-14(8-3-9-14)11-15-19(17,18)13-6-4-12(10-16)5-7-13/h4-7,15-16H,2-3,8-11H2,1H3. The van der Waals surface area contributed by atoms with Crippen LogP contribution in [-0.2, 0) is 16.6 Å². The molecule has 0 aliphatic heterocycles. The van der Waals surface area contributed by atoms with E-state index in [1.165, 1.54) is 18.6 Å². The number of nitrogens with one attached hydrogen (secondary N) is 1. The topological polar surface area (TPSA) is 66.4 Å². The minimum absolute atomic E-state index is 0.0767. The van der Waals surface area contributed by atoms with Gasteiger partial charge in [-0.25, -0.2) is 13.1 Å². The summed E-state index contributed by atoms with van der Waals surface area (Å²) in [6, 6.07) is 6.33. The van der Waals surface area contributed by atoms with Gasteiger partial charge in [0.15, 0.2) is 0 Å². The van der Waals surface area contributed by atoms with E-state index in [1.807, 2.05) is 0 Å². The van der Waals surface area contributed by atoms with Crippen LogP contribution in [0.15, 0.2) is 29.2 Å². The number of hydrogen-bond acceptors (Lipinski definition) is 3. The Bertz CT molecular complexity index is 513. The van der Waals surface area contributed by atoms with Crippen LogP contribution in [0, 0.1) is 5.41 Å². The molecule has 2 N–H and O–H groups in total. The van der Waals surface area contributed by atoms with Crippen molar-refractivity contribution in [2.75, 3.05) is 6.54 Å². The summed E-state index contributed by atoms with van der Waals surface area (Å²) in [5, 5.41) is 8.95. The Kier molecular flexibility index (Phi) is 4.28. The Balaban J connectivity index is 2.05. The van der Waals surface area contributed by atoms with Gasteiger partial charge >= 0.3 is 0 Å². The molecule has 0 aromatic heterocycles. The molecule has 0 amide bonds. The molecule has 0 spiro atoms. The van der Waals surface area contributed by atoms with E-state index in [2.05, 4.69) is 11.6 Å². The maximum atomic E-state index is 12.2. The van der Waals surface area contributed by atoms with Crippen molar-refractivity contribution in [3.05, 3.63) is 29.8 Å². The lowest BCUT2D eigenvalue weighted by Gasteiger charge is -2.41. The third kappa shape index (κ3) is 3.16. The van der Waals surface area contributed by atoms with Crippen molar-refractivity contribution in [2.24, 2.45) is 5.41 Å². The van der Waals surface area contributed by atoms with Gasteiger partial charge in [0.05, 0.1) is 11.5 Å². The number of benzene rings is 1. The van der Waals surface area contributed by atoms with Crippen molar-refractivity contribution in [2.45, 2.75) is 44.1 Å². The summed E-state index contributed by atoms with van der Waals surface area (Å²) in [4.78, 5) is 0.260. The van der Waals surface area contributed by atoms with Crippen molar-refractivity contribution in [3.8, 4) is 0 Å². The zero-order chi connectivity index (χ0) is 13.9. The first kappa shape index (κ1) is 14.5. The summed E-state index contributed by atoms with van der Waals surface area (Å²) in [6.45, 7) is 2.56. The van der Waals surface area contributed by atoms with E-state index in [4.69, 9.17) is 5.11 Å². The number of rotatable bonds is 6. The highest BCUT2D eigenvalue weighted by atomic mass is 32.2. The van der Waals surface area contributed by atoms with Crippen LogP contribution in [0.2, 0.25) is 0 Å². The van der Waals surface area contributed by atoms with Crippen molar-refractivity contribution in [1.29, 1.82) is 0 Å². The number of aliphatic hydroxyl groups is 1. The quantitative estimate of drug-likeness (QED) is 0.839. The molecular weight excluding hydrogens is 262 g/mol. The molecule has 0 atom stereocenters. The van der Waals surface area contributed by atoms with E-state index in [0.717, 1.165) is 19.3 Å². The molecule has 1 aromatic carbocycles. The second-order valence-corrected chi connectivity index (χ2v) is 7.10. The average molecular weight is 283 g/mol. The lowest BCUT2D eigenvalue weighted by atomic mass is 9.67. The largest absolute Gasteiger partial charge is 0.392 e. The number of sulfonamides is 1. The van der Waals surface area contributed by atoms with Gasteiger partial charge in [0.1, 0.15) is 0 Å². The number of aliphatic hydroxyl groups excluding tert-OH is 1. The van der Waals surface area contributed by atoms with E-state index >= 15 is 0 Å². The van der Waals surface area contributed by atoms with E-state index in [0.29, 0.717) is 12.1 Å². The normalized spacial score (nSPS) is 18.0. The van der Waals surface area contributed by atoms with Crippen LogP contribution in [0.1, 0.15) is 38.2 Å². The molecule has 2 rings (SSSR count). The Hall–Kier alpha value is -0.910. The minimum Gasteiger partial charge on any atom is -0.392 e. The molecule has 19 heavy (non-hydrogen) atoms. The Morgan fingerprint density at radius 2 is 1.89 bits per heavy atom. The second kappa shape index (κ2) is 5.61. The van der Waals surface area contributed by atoms with Gasteiger partial charge in [0.2, 0.25) is 10.0 Å². The maximum absolute atomic E-state index is 12.2. The molecule has 5 heteroatoms. The van der Waals surface area contributed by atoms with Gasteiger partial charge in [-0.3, -0.25) is 0 Å². The highest BCUT2D eigenvalue weighted by Gasteiger charge is 2.36.